The Morgan fingerprint density at radius 1 is 1.52 bits per heavy atom. The number of carboxylic acid groups (broad SMARTS) is 1. The van der Waals surface area contributed by atoms with Gasteiger partial charge in [0, 0.05) is 24.5 Å². The Balaban J connectivity index is 2.15. The van der Waals surface area contributed by atoms with E-state index < -0.39 is 17.8 Å². The van der Waals surface area contributed by atoms with Gasteiger partial charge >= 0.3 is 5.97 Å². The number of rotatable bonds is 4. The molecule has 1 heterocycles. The summed E-state index contributed by atoms with van der Waals surface area (Å²) in [4.78, 5) is 24.8. The summed E-state index contributed by atoms with van der Waals surface area (Å²) >= 11 is 3.26. The van der Waals surface area contributed by atoms with Crippen molar-refractivity contribution in [3.63, 3.8) is 0 Å². The van der Waals surface area contributed by atoms with Gasteiger partial charge in [-0.1, -0.05) is 15.9 Å². The summed E-state index contributed by atoms with van der Waals surface area (Å²) < 4.78 is 19.0. The molecule has 0 radical (unpaired) electrons. The van der Waals surface area contributed by atoms with Crippen LogP contribution in [0.5, 0.6) is 0 Å². The summed E-state index contributed by atoms with van der Waals surface area (Å²) in [5, 5.41) is 9.19. The topological polar surface area (TPSA) is 66.8 Å². The first kappa shape index (κ1) is 15.9. The standard InChI is InChI=1S/C14H15BrFNO4/c1-21-10-6-12(14(19)20)17(7-10)13(18)5-8-4-9(16)2-3-11(8)15/h2-4,10,12H,5-7H2,1H3,(H,19,20). The Hall–Kier alpha value is -1.47. The van der Waals surface area contributed by atoms with Crippen molar-refractivity contribution in [2.24, 2.45) is 0 Å². The Bertz CT molecular complexity index is 566. The zero-order valence-corrected chi connectivity index (χ0v) is 13.0. The molecule has 1 aliphatic rings. The van der Waals surface area contributed by atoms with Crippen molar-refractivity contribution in [3.05, 3.63) is 34.1 Å². The van der Waals surface area contributed by atoms with E-state index in [0.29, 0.717) is 10.0 Å². The van der Waals surface area contributed by atoms with Crippen LogP contribution in [0.3, 0.4) is 0 Å². The van der Waals surface area contributed by atoms with Crippen LogP contribution in [-0.2, 0) is 20.7 Å². The van der Waals surface area contributed by atoms with Crippen molar-refractivity contribution in [2.45, 2.75) is 25.0 Å². The third-order valence-electron chi connectivity index (χ3n) is 3.55. The summed E-state index contributed by atoms with van der Waals surface area (Å²) in [6, 6.07) is 3.18. The van der Waals surface area contributed by atoms with Crippen LogP contribution in [0.2, 0.25) is 0 Å². The summed E-state index contributed by atoms with van der Waals surface area (Å²) in [7, 11) is 1.49. The number of benzene rings is 1. The van der Waals surface area contributed by atoms with Gasteiger partial charge in [0.05, 0.1) is 12.5 Å². The molecule has 1 N–H and O–H groups in total. The van der Waals surface area contributed by atoms with E-state index in [1.807, 2.05) is 0 Å². The summed E-state index contributed by atoms with van der Waals surface area (Å²) in [5.41, 5.74) is 0.491. The fourth-order valence-electron chi connectivity index (χ4n) is 2.42. The van der Waals surface area contributed by atoms with Gasteiger partial charge in [0.15, 0.2) is 0 Å². The predicted octanol–water partition coefficient (Wildman–Crippen LogP) is 1.83. The molecule has 2 unspecified atom stereocenters. The molecule has 21 heavy (non-hydrogen) atoms. The first-order valence-electron chi connectivity index (χ1n) is 6.41. The number of ether oxygens (including phenoxy) is 1. The van der Waals surface area contributed by atoms with E-state index in [1.54, 1.807) is 0 Å². The molecule has 0 spiro atoms. The minimum Gasteiger partial charge on any atom is -0.480 e. The Morgan fingerprint density at radius 2 is 2.24 bits per heavy atom. The lowest BCUT2D eigenvalue weighted by Crippen LogP contribution is -2.41. The van der Waals surface area contributed by atoms with E-state index in [0.717, 1.165) is 0 Å². The number of amides is 1. The predicted molar refractivity (Wildman–Crippen MR) is 76.4 cm³/mol. The average molecular weight is 360 g/mol. The van der Waals surface area contributed by atoms with Crippen molar-refractivity contribution in [1.82, 2.24) is 4.90 Å². The van der Waals surface area contributed by atoms with Crippen LogP contribution < -0.4 is 0 Å². The molecule has 0 bridgehead atoms. The van der Waals surface area contributed by atoms with Crippen molar-refractivity contribution in [3.8, 4) is 0 Å². The smallest absolute Gasteiger partial charge is 0.326 e. The number of nitrogens with zero attached hydrogens (tertiary/aromatic N) is 1. The lowest BCUT2D eigenvalue weighted by atomic mass is 10.1. The number of halogens is 2. The van der Waals surface area contributed by atoms with Gasteiger partial charge in [-0.25, -0.2) is 9.18 Å². The molecule has 2 atom stereocenters. The van der Waals surface area contributed by atoms with Gasteiger partial charge in [-0.3, -0.25) is 4.79 Å². The molecule has 1 aliphatic heterocycles. The number of carbonyl (C=O) groups excluding carboxylic acids is 1. The maximum atomic E-state index is 13.2. The Labute approximate surface area is 129 Å². The highest BCUT2D eigenvalue weighted by Crippen LogP contribution is 2.24. The average Bonchev–Trinajstić information content (AvgIpc) is 2.87. The fraction of sp³-hybridized carbons (Fsp3) is 0.429. The molecule has 1 aromatic carbocycles. The van der Waals surface area contributed by atoms with Crippen LogP contribution in [0.1, 0.15) is 12.0 Å². The zero-order valence-electron chi connectivity index (χ0n) is 11.4. The second-order valence-corrected chi connectivity index (χ2v) is 5.76. The maximum absolute atomic E-state index is 13.2. The molecular weight excluding hydrogens is 345 g/mol. The van der Waals surface area contributed by atoms with Gasteiger partial charge in [0.25, 0.3) is 0 Å². The molecule has 0 saturated carbocycles. The number of likely N-dealkylation sites (tertiary alicyclic amines) is 1. The van der Waals surface area contributed by atoms with Gasteiger partial charge in [0.2, 0.25) is 5.91 Å². The van der Waals surface area contributed by atoms with E-state index in [4.69, 9.17) is 4.74 Å². The number of aliphatic carboxylic acids is 1. The van der Waals surface area contributed by atoms with Crippen LogP contribution in [0.4, 0.5) is 4.39 Å². The summed E-state index contributed by atoms with van der Waals surface area (Å²) in [6.45, 7) is 0.235. The quantitative estimate of drug-likeness (QED) is 0.890. The van der Waals surface area contributed by atoms with Crippen LogP contribution in [0.25, 0.3) is 0 Å². The molecule has 7 heteroatoms. The lowest BCUT2D eigenvalue weighted by molar-refractivity contribution is -0.148. The molecular formula is C14H15BrFNO4. The third-order valence-corrected chi connectivity index (χ3v) is 4.32. The minimum absolute atomic E-state index is 0.0570. The number of hydrogen-bond donors (Lipinski definition) is 1. The first-order valence-corrected chi connectivity index (χ1v) is 7.20. The second kappa shape index (κ2) is 6.53. The third kappa shape index (κ3) is 3.59. The molecule has 1 amide bonds. The molecule has 1 aromatic rings. The van der Waals surface area contributed by atoms with E-state index in [2.05, 4.69) is 15.9 Å². The molecule has 1 fully saturated rings. The van der Waals surface area contributed by atoms with Gasteiger partial charge in [-0.05, 0) is 23.8 Å². The van der Waals surface area contributed by atoms with E-state index in [-0.39, 0.29) is 31.4 Å². The van der Waals surface area contributed by atoms with Crippen LogP contribution in [0.15, 0.2) is 22.7 Å². The number of hydrogen-bond acceptors (Lipinski definition) is 3. The fourth-order valence-corrected chi connectivity index (χ4v) is 2.81. The molecule has 0 aliphatic carbocycles. The van der Waals surface area contributed by atoms with Gasteiger partial charge in [-0.15, -0.1) is 0 Å². The van der Waals surface area contributed by atoms with Crippen molar-refractivity contribution >= 4 is 27.8 Å². The van der Waals surface area contributed by atoms with Crippen LogP contribution >= 0.6 is 15.9 Å². The normalized spacial score (nSPS) is 21.6. The van der Waals surface area contributed by atoms with E-state index in [1.165, 1.54) is 30.2 Å². The molecule has 1 saturated heterocycles. The highest BCUT2D eigenvalue weighted by atomic mass is 79.9. The Kier molecular flexibility index (Phi) is 4.95. The van der Waals surface area contributed by atoms with Crippen molar-refractivity contribution in [1.29, 1.82) is 0 Å². The monoisotopic (exact) mass is 359 g/mol. The van der Waals surface area contributed by atoms with Crippen molar-refractivity contribution in [2.75, 3.05) is 13.7 Å². The van der Waals surface area contributed by atoms with Crippen LogP contribution in [0, 0.1) is 5.82 Å². The number of carboxylic acids is 1. The second-order valence-electron chi connectivity index (χ2n) is 4.91. The minimum atomic E-state index is -1.05. The summed E-state index contributed by atoms with van der Waals surface area (Å²) in [6.07, 6.45) is -0.0773. The molecule has 114 valence electrons. The summed E-state index contributed by atoms with van der Waals surface area (Å²) in [5.74, 6) is -1.85. The molecule has 2 rings (SSSR count). The highest BCUT2D eigenvalue weighted by molar-refractivity contribution is 9.10. The highest BCUT2D eigenvalue weighted by Gasteiger charge is 2.39. The van der Waals surface area contributed by atoms with Crippen LogP contribution in [-0.4, -0.2) is 47.7 Å². The SMILES string of the molecule is COC1CC(C(=O)O)N(C(=O)Cc2cc(F)ccc2Br)C1. The Morgan fingerprint density at radius 3 is 2.86 bits per heavy atom. The van der Waals surface area contributed by atoms with E-state index >= 15 is 0 Å². The van der Waals surface area contributed by atoms with Crippen molar-refractivity contribution < 1.29 is 23.8 Å². The maximum Gasteiger partial charge on any atom is 0.326 e. The molecule has 5 nitrogen and oxygen atoms in total. The van der Waals surface area contributed by atoms with Gasteiger partial charge in [0.1, 0.15) is 11.9 Å². The number of methoxy groups -OCH3 is 1. The zero-order chi connectivity index (χ0) is 15.6. The largest absolute Gasteiger partial charge is 0.480 e. The van der Waals surface area contributed by atoms with E-state index in [9.17, 15) is 19.1 Å². The van der Waals surface area contributed by atoms with Gasteiger partial charge < -0.3 is 14.7 Å². The first-order chi connectivity index (χ1) is 9.92. The number of carbonyl (C=O) groups is 2. The molecule has 0 aromatic heterocycles. The van der Waals surface area contributed by atoms with Gasteiger partial charge in [-0.2, -0.15) is 0 Å². The lowest BCUT2D eigenvalue weighted by Gasteiger charge is -2.21.